The second-order valence-electron chi connectivity index (χ2n) is 3.17. The molecule has 2 N–H and O–H groups in total. The third kappa shape index (κ3) is 3.67. The van der Waals surface area contributed by atoms with Crippen molar-refractivity contribution in [2.45, 2.75) is 6.42 Å². The van der Waals surface area contributed by atoms with Crippen LogP contribution in [0.3, 0.4) is 0 Å². The summed E-state index contributed by atoms with van der Waals surface area (Å²) in [4.78, 5) is 0.424. The molecule has 0 radical (unpaired) electrons. The van der Waals surface area contributed by atoms with Crippen LogP contribution >= 0.6 is 12.2 Å². The lowest BCUT2D eigenvalue weighted by atomic mass is 10.1. The van der Waals surface area contributed by atoms with Crippen LogP contribution < -0.4 is 15.2 Å². The standard InChI is InChI=1S/C11H15NO3S/c1-13-7-15-10-6-9(14-2)4-3-8(10)5-11(12)16/h3-4,6H,5,7H2,1-2H3,(H2,12,16). The molecule has 1 rings (SSSR count). The molecule has 0 bridgehead atoms. The van der Waals surface area contributed by atoms with Crippen molar-refractivity contribution < 1.29 is 14.2 Å². The quantitative estimate of drug-likeness (QED) is 0.604. The SMILES string of the molecule is COCOc1cc(OC)ccc1CC(N)=S. The first kappa shape index (κ1) is 12.7. The summed E-state index contributed by atoms with van der Waals surface area (Å²) < 4.78 is 15.4. The zero-order chi connectivity index (χ0) is 12.0. The molecule has 0 aliphatic heterocycles. The van der Waals surface area contributed by atoms with Crippen LogP contribution in [0.1, 0.15) is 5.56 Å². The monoisotopic (exact) mass is 241 g/mol. The van der Waals surface area contributed by atoms with Gasteiger partial charge in [-0.25, -0.2) is 0 Å². The van der Waals surface area contributed by atoms with Gasteiger partial charge >= 0.3 is 0 Å². The van der Waals surface area contributed by atoms with Crippen LogP contribution in [0, 0.1) is 0 Å². The molecule has 0 saturated carbocycles. The molecule has 0 heterocycles. The fourth-order valence-corrected chi connectivity index (χ4v) is 1.41. The van der Waals surface area contributed by atoms with Crippen molar-refractivity contribution in [2.75, 3.05) is 21.0 Å². The summed E-state index contributed by atoms with van der Waals surface area (Å²) in [5.41, 5.74) is 6.43. The van der Waals surface area contributed by atoms with Crippen molar-refractivity contribution in [3.05, 3.63) is 23.8 Å². The number of hydrogen-bond donors (Lipinski definition) is 1. The molecular formula is C11H15NO3S. The highest BCUT2D eigenvalue weighted by atomic mass is 32.1. The van der Waals surface area contributed by atoms with Crippen LogP contribution in [0.15, 0.2) is 18.2 Å². The molecule has 1 aromatic rings. The van der Waals surface area contributed by atoms with E-state index in [1.54, 1.807) is 20.3 Å². The minimum atomic E-state index is 0.178. The van der Waals surface area contributed by atoms with Crippen LogP contribution in [0.4, 0.5) is 0 Å². The molecule has 0 fully saturated rings. The Morgan fingerprint density at radius 1 is 1.38 bits per heavy atom. The second kappa shape index (κ2) is 6.30. The smallest absolute Gasteiger partial charge is 0.188 e. The normalized spacial score (nSPS) is 9.88. The molecule has 0 saturated heterocycles. The zero-order valence-electron chi connectivity index (χ0n) is 9.36. The van der Waals surface area contributed by atoms with E-state index in [1.165, 1.54) is 0 Å². The van der Waals surface area contributed by atoms with Crippen molar-refractivity contribution in [2.24, 2.45) is 5.73 Å². The van der Waals surface area contributed by atoms with E-state index in [0.29, 0.717) is 17.2 Å². The first-order valence-electron chi connectivity index (χ1n) is 4.74. The maximum atomic E-state index is 5.51. The summed E-state index contributed by atoms with van der Waals surface area (Å²) in [7, 11) is 3.16. The van der Waals surface area contributed by atoms with E-state index < -0.39 is 0 Å². The molecule has 0 unspecified atom stereocenters. The molecule has 1 aromatic carbocycles. The van der Waals surface area contributed by atoms with Crippen LogP contribution in [-0.2, 0) is 11.2 Å². The van der Waals surface area contributed by atoms with Gasteiger partial charge in [0.15, 0.2) is 6.79 Å². The Kier molecular flexibility index (Phi) is 5.01. The number of methoxy groups -OCH3 is 2. The Morgan fingerprint density at radius 3 is 2.69 bits per heavy atom. The Balaban J connectivity index is 2.91. The minimum absolute atomic E-state index is 0.178. The lowest BCUT2D eigenvalue weighted by Gasteiger charge is -2.11. The molecule has 0 aliphatic rings. The molecule has 0 amide bonds. The first-order valence-corrected chi connectivity index (χ1v) is 5.15. The predicted molar refractivity (Wildman–Crippen MR) is 66.0 cm³/mol. The molecule has 16 heavy (non-hydrogen) atoms. The Labute approximate surface area is 100 Å². The fraction of sp³-hybridized carbons (Fsp3) is 0.364. The number of hydrogen-bond acceptors (Lipinski definition) is 4. The fourth-order valence-electron chi connectivity index (χ4n) is 1.25. The van der Waals surface area contributed by atoms with E-state index in [2.05, 4.69) is 0 Å². The zero-order valence-corrected chi connectivity index (χ0v) is 10.2. The van der Waals surface area contributed by atoms with Crippen LogP contribution in [0.25, 0.3) is 0 Å². The molecule has 88 valence electrons. The number of benzene rings is 1. The summed E-state index contributed by atoms with van der Waals surface area (Å²) in [5, 5.41) is 0. The van der Waals surface area contributed by atoms with E-state index in [0.717, 1.165) is 11.3 Å². The number of nitrogens with two attached hydrogens (primary N) is 1. The average molecular weight is 241 g/mol. The summed E-state index contributed by atoms with van der Waals surface area (Å²) in [5.74, 6) is 1.40. The van der Waals surface area contributed by atoms with Gasteiger partial charge < -0.3 is 19.9 Å². The molecule has 0 aromatic heterocycles. The Bertz CT molecular complexity index is 368. The van der Waals surface area contributed by atoms with Crippen molar-refractivity contribution in [1.82, 2.24) is 0 Å². The summed E-state index contributed by atoms with van der Waals surface area (Å²) in [6, 6.07) is 5.50. The molecule has 5 heteroatoms. The van der Waals surface area contributed by atoms with E-state index in [1.807, 2.05) is 12.1 Å². The lowest BCUT2D eigenvalue weighted by molar-refractivity contribution is 0.0504. The Hall–Kier alpha value is -1.33. The van der Waals surface area contributed by atoms with Crippen LogP contribution in [0.2, 0.25) is 0 Å². The highest BCUT2D eigenvalue weighted by Gasteiger charge is 2.07. The first-order chi connectivity index (χ1) is 7.67. The van der Waals surface area contributed by atoms with Gasteiger partial charge in [0.25, 0.3) is 0 Å². The minimum Gasteiger partial charge on any atom is -0.497 e. The molecule has 4 nitrogen and oxygen atoms in total. The third-order valence-corrected chi connectivity index (χ3v) is 2.12. The molecular weight excluding hydrogens is 226 g/mol. The van der Waals surface area contributed by atoms with Crippen LogP contribution in [-0.4, -0.2) is 26.0 Å². The van der Waals surface area contributed by atoms with Crippen LogP contribution in [0.5, 0.6) is 11.5 Å². The van der Waals surface area contributed by atoms with E-state index in [-0.39, 0.29) is 6.79 Å². The lowest BCUT2D eigenvalue weighted by Crippen LogP contribution is -2.12. The molecule has 0 atom stereocenters. The van der Waals surface area contributed by atoms with Gasteiger partial charge in [-0.15, -0.1) is 0 Å². The topological polar surface area (TPSA) is 53.7 Å². The number of thiocarbonyl (C=S) groups is 1. The summed E-state index contributed by atoms with van der Waals surface area (Å²) in [6.07, 6.45) is 0.498. The van der Waals surface area contributed by atoms with E-state index in [9.17, 15) is 0 Å². The maximum Gasteiger partial charge on any atom is 0.188 e. The highest BCUT2D eigenvalue weighted by Crippen LogP contribution is 2.25. The maximum absolute atomic E-state index is 5.51. The van der Waals surface area contributed by atoms with E-state index in [4.69, 9.17) is 32.2 Å². The predicted octanol–water partition coefficient (Wildman–Crippen LogP) is 1.51. The van der Waals surface area contributed by atoms with Gasteiger partial charge in [-0.1, -0.05) is 18.3 Å². The second-order valence-corrected chi connectivity index (χ2v) is 3.69. The van der Waals surface area contributed by atoms with Gasteiger partial charge in [0.2, 0.25) is 0 Å². The van der Waals surface area contributed by atoms with Crippen molar-refractivity contribution in [1.29, 1.82) is 0 Å². The van der Waals surface area contributed by atoms with Gasteiger partial charge in [0.1, 0.15) is 11.5 Å². The number of rotatable bonds is 6. The Morgan fingerprint density at radius 2 is 2.12 bits per heavy atom. The summed E-state index contributed by atoms with van der Waals surface area (Å²) >= 11 is 4.87. The van der Waals surface area contributed by atoms with Gasteiger partial charge in [-0.3, -0.25) is 0 Å². The molecule has 0 spiro atoms. The van der Waals surface area contributed by atoms with Gasteiger partial charge in [0.05, 0.1) is 12.1 Å². The largest absolute Gasteiger partial charge is 0.497 e. The van der Waals surface area contributed by atoms with Gasteiger partial charge in [-0.05, 0) is 6.07 Å². The van der Waals surface area contributed by atoms with Crippen molar-refractivity contribution in [3.63, 3.8) is 0 Å². The highest BCUT2D eigenvalue weighted by molar-refractivity contribution is 7.80. The van der Waals surface area contributed by atoms with Crippen molar-refractivity contribution >= 4 is 17.2 Å². The summed E-state index contributed by atoms with van der Waals surface area (Å²) in [6.45, 7) is 0.178. The third-order valence-electron chi connectivity index (χ3n) is 1.97. The van der Waals surface area contributed by atoms with E-state index >= 15 is 0 Å². The molecule has 0 aliphatic carbocycles. The van der Waals surface area contributed by atoms with Gasteiger partial charge in [0, 0.05) is 25.2 Å². The van der Waals surface area contributed by atoms with Crippen molar-refractivity contribution in [3.8, 4) is 11.5 Å². The van der Waals surface area contributed by atoms with Gasteiger partial charge in [-0.2, -0.15) is 0 Å². The number of ether oxygens (including phenoxy) is 3. The average Bonchev–Trinajstić information content (AvgIpc) is 2.27.